The van der Waals surface area contributed by atoms with Crippen LogP contribution in [0.1, 0.15) is 72.1 Å². The highest BCUT2D eigenvalue weighted by Gasteiger charge is 2.76. The van der Waals surface area contributed by atoms with Crippen LogP contribution >= 0.6 is 0 Å². The Kier molecular flexibility index (Phi) is 5.36. The van der Waals surface area contributed by atoms with Gasteiger partial charge in [0.15, 0.2) is 5.79 Å². The van der Waals surface area contributed by atoms with Gasteiger partial charge < -0.3 is 29.9 Å². The van der Waals surface area contributed by atoms with Crippen LogP contribution in [0.5, 0.6) is 0 Å². The smallest absolute Gasteiger partial charge is 0.197 e. The molecule has 6 nitrogen and oxygen atoms in total. The van der Waals surface area contributed by atoms with Gasteiger partial charge in [-0.3, -0.25) is 0 Å². The van der Waals surface area contributed by atoms with E-state index in [1.54, 1.807) is 0 Å². The van der Waals surface area contributed by atoms with Crippen molar-refractivity contribution in [1.82, 2.24) is 0 Å². The molecule has 4 saturated carbocycles. The van der Waals surface area contributed by atoms with E-state index in [2.05, 4.69) is 27.4 Å². The third-order valence-electron chi connectivity index (χ3n) is 11.2. The molecule has 1 unspecified atom stereocenters. The number of fused-ring (bicyclic) bond motifs is 6. The van der Waals surface area contributed by atoms with Crippen LogP contribution in [-0.4, -0.2) is 63.3 Å². The number of ether oxygens (including phenoxy) is 2. The fourth-order valence-electron chi connectivity index (χ4n) is 9.45. The molecule has 5 aliphatic carbocycles. The molecule has 1 aliphatic heterocycles. The standard InChI is InChI=1S/C29H44O6/c1-5-17-13-26(4)24(19-11-20(19)28(26,33)8-6-10-30)18-7-9-27(32)14-29(22(31)12-21(27)23(17)18)34-15-25(2,3)16-35-29/h5,17-20,22,24,30-33H,1,6-16H2,2-4H3/t17-,18+,19+,20-,22?,24+,26-,27+,28-/m0/s1. The summed E-state index contributed by atoms with van der Waals surface area (Å²) in [5, 5.41) is 45.0. The summed E-state index contributed by atoms with van der Waals surface area (Å²) in [7, 11) is 0. The Balaban J connectivity index is 1.37. The Bertz CT molecular complexity index is 931. The van der Waals surface area contributed by atoms with E-state index in [4.69, 9.17) is 9.47 Å². The molecule has 6 aliphatic rings. The predicted octanol–water partition coefficient (Wildman–Crippen LogP) is 3.33. The van der Waals surface area contributed by atoms with Gasteiger partial charge in [-0.1, -0.05) is 32.4 Å². The zero-order valence-corrected chi connectivity index (χ0v) is 21.6. The molecule has 0 aromatic rings. The monoisotopic (exact) mass is 488 g/mol. The van der Waals surface area contributed by atoms with Crippen LogP contribution in [0.15, 0.2) is 23.8 Å². The van der Waals surface area contributed by atoms with Crippen LogP contribution in [0.4, 0.5) is 0 Å². The van der Waals surface area contributed by atoms with Gasteiger partial charge in [-0.25, -0.2) is 0 Å². The molecule has 9 atom stereocenters. The summed E-state index contributed by atoms with van der Waals surface area (Å²) < 4.78 is 12.4. The van der Waals surface area contributed by atoms with Crippen molar-refractivity contribution in [2.24, 2.45) is 40.4 Å². The molecule has 35 heavy (non-hydrogen) atoms. The second kappa shape index (κ2) is 7.64. The fourth-order valence-corrected chi connectivity index (χ4v) is 9.45. The molecular formula is C29H44O6. The van der Waals surface area contributed by atoms with Crippen LogP contribution < -0.4 is 0 Å². The van der Waals surface area contributed by atoms with Crippen molar-refractivity contribution < 1.29 is 29.9 Å². The number of aliphatic hydroxyl groups excluding tert-OH is 2. The van der Waals surface area contributed by atoms with E-state index in [1.807, 2.05) is 6.08 Å². The summed E-state index contributed by atoms with van der Waals surface area (Å²) in [5.41, 5.74) is 0.132. The van der Waals surface area contributed by atoms with Crippen LogP contribution in [0.3, 0.4) is 0 Å². The van der Waals surface area contributed by atoms with E-state index in [9.17, 15) is 20.4 Å². The lowest BCUT2D eigenvalue weighted by Gasteiger charge is -2.60. The molecule has 0 amide bonds. The minimum absolute atomic E-state index is 0.0644. The van der Waals surface area contributed by atoms with Crippen LogP contribution in [0.25, 0.3) is 0 Å². The molecule has 5 fully saturated rings. The summed E-state index contributed by atoms with van der Waals surface area (Å²) in [5.74, 6) is 0.400. The van der Waals surface area contributed by atoms with Crippen molar-refractivity contribution in [3.8, 4) is 0 Å². The average Bonchev–Trinajstić information content (AvgIpc) is 3.57. The number of hydrogen-bond acceptors (Lipinski definition) is 6. The van der Waals surface area contributed by atoms with Gasteiger partial charge in [0.1, 0.15) is 6.10 Å². The summed E-state index contributed by atoms with van der Waals surface area (Å²) in [4.78, 5) is 0. The predicted molar refractivity (Wildman–Crippen MR) is 131 cm³/mol. The zero-order chi connectivity index (χ0) is 25.0. The van der Waals surface area contributed by atoms with Crippen molar-refractivity contribution >= 4 is 0 Å². The summed E-state index contributed by atoms with van der Waals surface area (Å²) in [6, 6.07) is 0. The molecule has 1 spiro atoms. The highest BCUT2D eigenvalue weighted by Crippen LogP contribution is 2.77. The van der Waals surface area contributed by atoms with Crippen LogP contribution in [0.2, 0.25) is 0 Å². The van der Waals surface area contributed by atoms with Crippen molar-refractivity contribution in [3.63, 3.8) is 0 Å². The van der Waals surface area contributed by atoms with E-state index in [-0.39, 0.29) is 29.8 Å². The Labute approximate surface area is 209 Å². The van der Waals surface area contributed by atoms with E-state index in [1.165, 1.54) is 5.57 Å². The first kappa shape index (κ1) is 24.6. The van der Waals surface area contributed by atoms with Crippen LogP contribution in [-0.2, 0) is 9.47 Å². The lowest BCUT2D eigenvalue weighted by Crippen LogP contribution is -2.63. The summed E-state index contributed by atoms with van der Waals surface area (Å²) >= 11 is 0. The molecule has 1 heterocycles. The van der Waals surface area contributed by atoms with Gasteiger partial charge in [0.05, 0.1) is 24.4 Å². The normalized spacial score (nSPS) is 51.3. The first-order chi connectivity index (χ1) is 16.4. The van der Waals surface area contributed by atoms with E-state index in [0.29, 0.717) is 62.6 Å². The van der Waals surface area contributed by atoms with Crippen molar-refractivity contribution in [3.05, 3.63) is 23.8 Å². The van der Waals surface area contributed by atoms with Crippen molar-refractivity contribution in [2.75, 3.05) is 19.8 Å². The maximum Gasteiger partial charge on any atom is 0.197 e. The Morgan fingerprint density at radius 2 is 1.86 bits per heavy atom. The number of allylic oxidation sites excluding steroid dienone is 2. The zero-order valence-electron chi connectivity index (χ0n) is 21.6. The Morgan fingerprint density at radius 3 is 2.51 bits per heavy atom. The molecule has 0 radical (unpaired) electrons. The molecule has 0 aromatic carbocycles. The number of rotatable bonds is 4. The van der Waals surface area contributed by atoms with Gasteiger partial charge in [-0.15, -0.1) is 6.58 Å². The highest BCUT2D eigenvalue weighted by molar-refractivity contribution is 5.41. The molecular weight excluding hydrogens is 444 g/mol. The molecule has 0 bridgehead atoms. The summed E-state index contributed by atoms with van der Waals surface area (Å²) in [6.45, 7) is 11.7. The van der Waals surface area contributed by atoms with E-state index < -0.39 is 23.1 Å². The maximum absolute atomic E-state index is 12.1. The van der Waals surface area contributed by atoms with Crippen molar-refractivity contribution in [1.29, 1.82) is 0 Å². The van der Waals surface area contributed by atoms with Crippen LogP contribution in [0, 0.1) is 40.4 Å². The van der Waals surface area contributed by atoms with Gasteiger partial charge in [0.2, 0.25) is 0 Å². The van der Waals surface area contributed by atoms with Gasteiger partial charge in [-0.2, -0.15) is 0 Å². The second-order valence-electron chi connectivity index (χ2n) is 13.8. The second-order valence-corrected chi connectivity index (χ2v) is 13.8. The van der Waals surface area contributed by atoms with Gasteiger partial charge in [-0.05, 0) is 73.7 Å². The molecule has 196 valence electrons. The Hall–Kier alpha value is -0.760. The average molecular weight is 489 g/mol. The molecule has 6 rings (SSSR count). The minimum atomic E-state index is -1.15. The SMILES string of the molecule is C=C[C@H]1C[C@@]2(C)[C@@H]([C@@H]3C[C@@H]3[C@@]2(O)CCCO)[C@@H]2CC[C@@]3(O)CC4(OCC(C)(C)CO4)C(O)CC3=C21. The lowest BCUT2D eigenvalue weighted by atomic mass is 9.48. The van der Waals surface area contributed by atoms with Gasteiger partial charge >= 0.3 is 0 Å². The van der Waals surface area contributed by atoms with E-state index in [0.717, 1.165) is 24.8 Å². The molecule has 4 N–H and O–H groups in total. The molecule has 6 heteroatoms. The first-order valence-electron chi connectivity index (χ1n) is 13.8. The summed E-state index contributed by atoms with van der Waals surface area (Å²) in [6.07, 6.45) is 6.46. The topological polar surface area (TPSA) is 99.4 Å². The number of hydrogen-bond donors (Lipinski definition) is 4. The first-order valence-corrected chi connectivity index (χ1v) is 13.8. The third kappa shape index (κ3) is 3.23. The highest BCUT2D eigenvalue weighted by atomic mass is 16.7. The van der Waals surface area contributed by atoms with E-state index >= 15 is 0 Å². The molecule has 0 aromatic heterocycles. The largest absolute Gasteiger partial charge is 0.396 e. The maximum atomic E-state index is 12.1. The quantitative estimate of drug-likeness (QED) is 0.453. The minimum Gasteiger partial charge on any atom is -0.396 e. The van der Waals surface area contributed by atoms with Gasteiger partial charge in [0, 0.05) is 30.3 Å². The fraction of sp³-hybridized carbons (Fsp3) is 0.862. The lowest BCUT2D eigenvalue weighted by molar-refractivity contribution is -0.354. The van der Waals surface area contributed by atoms with Crippen molar-refractivity contribution in [2.45, 2.75) is 95.2 Å². The molecule has 1 saturated heterocycles. The third-order valence-corrected chi connectivity index (χ3v) is 11.2. The number of aliphatic hydroxyl groups is 4. The Morgan fingerprint density at radius 1 is 1.14 bits per heavy atom. The van der Waals surface area contributed by atoms with Gasteiger partial charge in [0.25, 0.3) is 0 Å².